The average Bonchev–Trinajstić information content (AvgIpc) is 2.44. The number of rotatable bonds is 5. The maximum atomic E-state index is 11.9. The van der Waals surface area contributed by atoms with E-state index in [-0.39, 0.29) is 11.9 Å². The maximum Gasteiger partial charge on any atom is 0.242 e. The van der Waals surface area contributed by atoms with E-state index in [4.69, 9.17) is 10.5 Å². The van der Waals surface area contributed by atoms with Crippen molar-refractivity contribution < 1.29 is 9.53 Å². The molecule has 1 saturated heterocycles. The lowest BCUT2D eigenvalue weighted by Gasteiger charge is -2.36. The quantitative estimate of drug-likeness (QED) is 0.805. The number of piperazine rings is 1. The first-order valence-electron chi connectivity index (χ1n) is 7.23. The number of benzene rings is 1. The highest BCUT2D eigenvalue weighted by Crippen LogP contribution is 2.28. The number of nitrogen functional groups attached to an aromatic ring is 1. The maximum absolute atomic E-state index is 11.9. The van der Waals surface area contributed by atoms with Crippen LogP contribution in [-0.4, -0.2) is 31.6 Å². The normalized spacial score (nSPS) is 18.8. The Balaban J connectivity index is 2.25. The first-order valence-corrected chi connectivity index (χ1v) is 7.23. The zero-order chi connectivity index (χ0) is 14.5. The van der Waals surface area contributed by atoms with E-state index in [0.717, 1.165) is 30.8 Å². The number of amides is 1. The lowest BCUT2D eigenvalue weighted by atomic mass is 10.1. The van der Waals surface area contributed by atoms with Crippen LogP contribution in [0.3, 0.4) is 0 Å². The molecule has 1 amide bonds. The van der Waals surface area contributed by atoms with Crippen LogP contribution in [0.1, 0.15) is 26.7 Å². The minimum Gasteiger partial charge on any atom is -0.493 e. The summed E-state index contributed by atoms with van der Waals surface area (Å²) >= 11 is 0. The Morgan fingerprint density at radius 2 is 2.20 bits per heavy atom. The topological polar surface area (TPSA) is 67.6 Å². The number of hydrogen-bond donors (Lipinski definition) is 2. The fraction of sp³-hybridized carbons (Fsp3) is 0.533. The second-order valence-electron chi connectivity index (χ2n) is 5.02. The Labute approximate surface area is 120 Å². The van der Waals surface area contributed by atoms with Crippen molar-refractivity contribution in [2.45, 2.75) is 32.7 Å². The monoisotopic (exact) mass is 277 g/mol. The molecule has 1 aliphatic heterocycles. The molecule has 0 spiro atoms. The highest BCUT2D eigenvalue weighted by Gasteiger charge is 2.28. The Hall–Kier alpha value is -1.91. The molecule has 1 heterocycles. The van der Waals surface area contributed by atoms with E-state index in [9.17, 15) is 4.79 Å². The molecule has 3 N–H and O–H groups in total. The Bertz CT molecular complexity index is 476. The molecular weight excluding hydrogens is 254 g/mol. The van der Waals surface area contributed by atoms with Gasteiger partial charge in [0.2, 0.25) is 5.91 Å². The summed E-state index contributed by atoms with van der Waals surface area (Å²) in [4.78, 5) is 14.0. The molecule has 1 aromatic carbocycles. The molecule has 1 unspecified atom stereocenters. The summed E-state index contributed by atoms with van der Waals surface area (Å²) in [6, 6.07) is 5.56. The van der Waals surface area contributed by atoms with Crippen molar-refractivity contribution in [1.29, 1.82) is 0 Å². The summed E-state index contributed by atoms with van der Waals surface area (Å²) < 4.78 is 5.66. The summed E-state index contributed by atoms with van der Waals surface area (Å²) in [5.74, 6) is 0.847. The number of carbonyl (C=O) groups excluding carboxylic acids is 1. The van der Waals surface area contributed by atoms with Gasteiger partial charge >= 0.3 is 0 Å². The van der Waals surface area contributed by atoms with Gasteiger partial charge in [0.1, 0.15) is 11.8 Å². The number of hydrogen-bond acceptors (Lipinski definition) is 4. The lowest BCUT2D eigenvalue weighted by molar-refractivity contribution is -0.123. The molecular formula is C15H23N3O2. The van der Waals surface area contributed by atoms with Crippen LogP contribution >= 0.6 is 0 Å². The van der Waals surface area contributed by atoms with Crippen LogP contribution in [0.25, 0.3) is 0 Å². The molecule has 2 rings (SSSR count). The van der Waals surface area contributed by atoms with E-state index in [1.54, 1.807) is 0 Å². The van der Waals surface area contributed by atoms with Crippen LogP contribution < -0.4 is 20.7 Å². The predicted octanol–water partition coefficient (Wildman–Crippen LogP) is 1.77. The summed E-state index contributed by atoms with van der Waals surface area (Å²) in [6.07, 6.45) is 1.72. The van der Waals surface area contributed by atoms with Gasteiger partial charge in [-0.05, 0) is 18.9 Å². The van der Waals surface area contributed by atoms with E-state index in [1.165, 1.54) is 0 Å². The lowest BCUT2D eigenvalue weighted by Crippen LogP contribution is -2.55. The van der Waals surface area contributed by atoms with Crippen LogP contribution in [0.5, 0.6) is 5.75 Å². The van der Waals surface area contributed by atoms with Crippen molar-refractivity contribution in [2.24, 2.45) is 0 Å². The molecule has 0 saturated carbocycles. The average molecular weight is 277 g/mol. The van der Waals surface area contributed by atoms with Crippen molar-refractivity contribution in [3.05, 3.63) is 18.2 Å². The summed E-state index contributed by atoms with van der Waals surface area (Å²) in [6.45, 7) is 6.20. The third-order valence-corrected chi connectivity index (χ3v) is 3.44. The Morgan fingerprint density at radius 1 is 1.40 bits per heavy atom. The molecule has 0 radical (unpaired) electrons. The zero-order valence-corrected chi connectivity index (χ0v) is 12.2. The second kappa shape index (κ2) is 6.50. The van der Waals surface area contributed by atoms with Crippen LogP contribution in [0, 0.1) is 0 Å². The Kier molecular flexibility index (Phi) is 4.71. The van der Waals surface area contributed by atoms with Gasteiger partial charge in [0, 0.05) is 36.6 Å². The summed E-state index contributed by atoms with van der Waals surface area (Å²) in [5.41, 5.74) is 7.57. The van der Waals surface area contributed by atoms with E-state index in [1.807, 2.05) is 25.1 Å². The van der Waals surface area contributed by atoms with Gasteiger partial charge < -0.3 is 20.7 Å². The van der Waals surface area contributed by atoms with Crippen LogP contribution in [-0.2, 0) is 4.79 Å². The first kappa shape index (κ1) is 14.5. The van der Waals surface area contributed by atoms with Gasteiger partial charge in [0.25, 0.3) is 0 Å². The molecule has 0 aromatic heterocycles. The van der Waals surface area contributed by atoms with Crippen LogP contribution in [0.15, 0.2) is 18.2 Å². The molecule has 20 heavy (non-hydrogen) atoms. The minimum absolute atomic E-state index is 0.0807. The third-order valence-electron chi connectivity index (χ3n) is 3.44. The molecule has 5 heteroatoms. The molecule has 1 aromatic rings. The van der Waals surface area contributed by atoms with Crippen molar-refractivity contribution in [1.82, 2.24) is 5.32 Å². The standard InChI is InChI=1S/C15H23N3O2/c1-3-7-20-13-9-11(16)8-12(10-13)18-6-5-17-15(19)14(18)4-2/h8-10,14H,3-7,16H2,1-2H3,(H,17,19). The number of nitrogens with zero attached hydrogens (tertiary/aromatic N) is 1. The fourth-order valence-electron chi connectivity index (χ4n) is 2.50. The van der Waals surface area contributed by atoms with Crippen LogP contribution in [0.4, 0.5) is 11.4 Å². The highest BCUT2D eigenvalue weighted by molar-refractivity contribution is 5.86. The van der Waals surface area contributed by atoms with Crippen molar-refractivity contribution in [3.8, 4) is 5.75 Å². The molecule has 0 bridgehead atoms. The van der Waals surface area contributed by atoms with Crippen molar-refractivity contribution in [2.75, 3.05) is 30.3 Å². The third kappa shape index (κ3) is 3.15. The fourth-order valence-corrected chi connectivity index (χ4v) is 2.50. The number of anilines is 2. The van der Waals surface area contributed by atoms with Gasteiger partial charge in [-0.2, -0.15) is 0 Å². The van der Waals surface area contributed by atoms with Gasteiger partial charge in [-0.15, -0.1) is 0 Å². The summed E-state index contributed by atoms with van der Waals surface area (Å²) in [5, 5.41) is 2.90. The largest absolute Gasteiger partial charge is 0.493 e. The van der Waals surface area contributed by atoms with Crippen molar-refractivity contribution >= 4 is 17.3 Å². The molecule has 1 atom stereocenters. The van der Waals surface area contributed by atoms with E-state index in [2.05, 4.69) is 17.1 Å². The first-order chi connectivity index (χ1) is 9.65. The van der Waals surface area contributed by atoms with E-state index < -0.39 is 0 Å². The molecule has 1 aliphatic rings. The molecule has 0 aliphatic carbocycles. The van der Waals surface area contributed by atoms with Gasteiger partial charge in [0.05, 0.1) is 6.61 Å². The zero-order valence-electron chi connectivity index (χ0n) is 12.2. The van der Waals surface area contributed by atoms with E-state index in [0.29, 0.717) is 18.8 Å². The second-order valence-corrected chi connectivity index (χ2v) is 5.02. The van der Waals surface area contributed by atoms with E-state index >= 15 is 0 Å². The number of nitrogens with one attached hydrogen (secondary N) is 1. The smallest absolute Gasteiger partial charge is 0.242 e. The highest BCUT2D eigenvalue weighted by atomic mass is 16.5. The van der Waals surface area contributed by atoms with Gasteiger partial charge in [0.15, 0.2) is 0 Å². The Morgan fingerprint density at radius 3 is 2.90 bits per heavy atom. The molecule has 110 valence electrons. The van der Waals surface area contributed by atoms with Gasteiger partial charge in [-0.1, -0.05) is 13.8 Å². The number of carbonyl (C=O) groups is 1. The van der Waals surface area contributed by atoms with Crippen LogP contribution in [0.2, 0.25) is 0 Å². The number of ether oxygens (including phenoxy) is 1. The summed E-state index contributed by atoms with van der Waals surface area (Å²) in [7, 11) is 0. The van der Waals surface area contributed by atoms with Gasteiger partial charge in [-0.25, -0.2) is 0 Å². The SMILES string of the molecule is CCCOc1cc(N)cc(N2CCNC(=O)C2CC)c1. The predicted molar refractivity (Wildman–Crippen MR) is 81.1 cm³/mol. The molecule has 5 nitrogen and oxygen atoms in total. The minimum atomic E-state index is -0.135. The number of nitrogens with two attached hydrogens (primary N) is 1. The van der Waals surface area contributed by atoms with Crippen molar-refractivity contribution in [3.63, 3.8) is 0 Å². The molecule has 1 fully saturated rings. The van der Waals surface area contributed by atoms with Gasteiger partial charge in [-0.3, -0.25) is 4.79 Å².